The normalized spacial score (nSPS) is 18.5. The number of aromatic amines is 1. The van der Waals surface area contributed by atoms with Crippen molar-refractivity contribution in [2.24, 2.45) is 0 Å². The molecule has 0 aliphatic carbocycles. The molecule has 16 heavy (non-hydrogen) atoms. The molecule has 1 saturated heterocycles. The Balaban J connectivity index is 1.56. The van der Waals surface area contributed by atoms with E-state index in [1.54, 1.807) is 6.20 Å². The number of nitrogens with zero attached hydrogens (tertiary/aromatic N) is 2. The number of H-pyrrole nitrogens is 1. The van der Waals surface area contributed by atoms with Crippen LogP contribution in [0.1, 0.15) is 31.4 Å². The summed E-state index contributed by atoms with van der Waals surface area (Å²) < 4.78 is 0. The second-order valence-corrected chi connectivity index (χ2v) is 4.51. The van der Waals surface area contributed by atoms with Crippen LogP contribution < -0.4 is 5.32 Å². The van der Waals surface area contributed by atoms with Crippen molar-refractivity contribution in [3.05, 3.63) is 18.0 Å². The predicted molar refractivity (Wildman–Crippen MR) is 65.2 cm³/mol. The zero-order valence-electron chi connectivity index (χ0n) is 9.91. The number of aromatic nitrogens is 2. The second-order valence-electron chi connectivity index (χ2n) is 4.51. The van der Waals surface area contributed by atoms with Crippen LogP contribution in [0.2, 0.25) is 0 Å². The van der Waals surface area contributed by atoms with Gasteiger partial charge in [0.15, 0.2) is 0 Å². The predicted octanol–water partition coefficient (Wildman–Crippen LogP) is 1.38. The van der Waals surface area contributed by atoms with Crippen LogP contribution in [0, 0.1) is 0 Å². The average Bonchev–Trinajstić information content (AvgIpc) is 2.68. The number of rotatable bonds is 5. The Kier molecular flexibility index (Phi) is 4.83. The molecule has 1 aliphatic heterocycles. The second kappa shape index (κ2) is 6.66. The molecule has 0 spiro atoms. The fourth-order valence-corrected chi connectivity index (χ4v) is 2.20. The van der Waals surface area contributed by atoms with Gasteiger partial charge in [0.25, 0.3) is 0 Å². The molecule has 0 amide bonds. The highest BCUT2D eigenvalue weighted by molar-refractivity contribution is 4.96. The molecule has 0 atom stereocenters. The summed E-state index contributed by atoms with van der Waals surface area (Å²) in [6.07, 6.45) is 7.38. The van der Waals surface area contributed by atoms with E-state index in [1.165, 1.54) is 45.3 Å². The Morgan fingerprint density at radius 1 is 1.25 bits per heavy atom. The van der Waals surface area contributed by atoms with E-state index in [9.17, 15) is 0 Å². The topological polar surface area (TPSA) is 44.0 Å². The van der Waals surface area contributed by atoms with E-state index in [2.05, 4.69) is 20.4 Å². The molecule has 4 heteroatoms. The van der Waals surface area contributed by atoms with E-state index >= 15 is 0 Å². The highest BCUT2D eigenvalue weighted by Gasteiger charge is 2.07. The molecule has 2 N–H and O–H groups in total. The van der Waals surface area contributed by atoms with E-state index in [-0.39, 0.29) is 0 Å². The van der Waals surface area contributed by atoms with E-state index in [1.807, 2.05) is 6.07 Å². The molecule has 1 aliphatic rings. The standard InChI is InChI=1S/C12H22N4/c1-2-4-9-16(8-3-1)10-7-13-11-12-5-6-14-15-12/h5-6,13H,1-4,7-11H2,(H,14,15). The van der Waals surface area contributed by atoms with E-state index in [4.69, 9.17) is 0 Å². The molecule has 0 bridgehead atoms. The summed E-state index contributed by atoms with van der Waals surface area (Å²) in [7, 11) is 0. The summed E-state index contributed by atoms with van der Waals surface area (Å²) >= 11 is 0. The third-order valence-corrected chi connectivity index (χ3v) is 3.18. The summed E-state index contributed by atoms with van der Waals surface area (Å²) in [5, 5.41) is 10.3. The first kappa shape index (κ1) is 11.6. The van der Waals surface area contributed by atoms with Gasteiger partial charge in [-0.05, 0) is 32.0 Å². The Labute approximate surface area is 97.4 Å². The molecule has 90 valence electrons. The summed E-state index contributed by atoms with van der Waals surface area (Å²) in [6, 6.07) is 2.01. The number of likely N-dealkylation sites (tertiary alicyclic amines) is 1. The van der Waals surface area contributed by atoms with Gasteiger partial charge in [-0.2, -0.15) is 5.10 Å². The molecular formula is C12H22N4. The molecule has 2 heterocycles. The highest BCUT2D eigenvalue weighted by atomic mass is 15.1. The molecule has 1 aromatic rings. The molecule has 0 unspecified atom stereocenters. The molecule has 1 aromatic heterocycles. The summed E-state index contributed by atoms with van der Waals surface area (Å²) in [5.41, 5.74) is 1.16. The van der Waals surface area contributed by atoms with Gasteiger partial charge in [-0.1, -0.05) is 12.8 Å². The van der Waals surface area contributed by atoms with Gasteiger partial charge in [-0.3, -0.25) is 5.10 Å². The third-order valence-electron chi connectivity index (χ3n) is 3.18. The molecular weight excluding hydrogens is 200 g/mol. The molecule has 1 fully saturated rings. The Bertz CT molecular complexity index is 263. The lowest BCUT2D eigenvalue weighted by atomic mass is 10.2. The largest absolute Gasteiger partial charge is 0.310 e. The van der Waals surface area contributed by atoms with E-state index in [0.717, 1.165) is 18.8 Å². The van der Waals surface area contributed by atoms with Crippen molar-refractivity contribution in [1.29, 1.82) is 0 Å². The van der Waals surface area contributed by atoms with E-state index in [0.29, 0.717) is 0 Å². The molecule has 0 aromatic carbocycles. The van der Waals surface area contributed by atoms with Crippen molar-refractivity contribution in [1.82, 2.24) is 20.4 Å². The van der Waals surface area contributed by atoms with Crippen LogP contribution >= 0.6 is 0 Å². The van der Waals surface area contributed by atoms with E-state index < -0.39 is 0 Å². The first-order valence-electron chi connectivity index (χ1n) is 6.36. The number of nitrogens with one attached hydrogen (secondary N) is 2. The van der Waals surface area contributed by atoms with Crippen LogP contribution in [0.25, 0.3) is 0 Å². The monoisotopic (exact) mass is 222 g/mol. The quantitative estimate of drug-likeness (QED) is 0.740. The lowest BCUT2D eigenvalue weighted by molar-refractivity contribution is 0.284. The van der Waals surface area contributed by atoms with Gasteiger partial charge in [0, 0.05) is 31.5 Å². The fourth-order valence-electron chi connectivity index (χ4n) is 2.20. The minimum Gasteiger partial charge on any atom is -0.310 e. The van der Waals surface area contributed by atoms with Gasteiger partial charge in [0.1, 0.15) is 0 Å². The van der Waals surface area contributed by atoms with Gasteiger partial charge < -0.3 is 10.2 Å². The molecule has 4 nitrogen and oxygen atoms in total. The lowest BCUT2D eigenvalue weighted by Crippen LogP contribution is -2.32. The SMILES string of the molecule is c1cc(CNCCN2CCCCCC2)[nH]n1. The lowest BCUT2D eigenvalue weighted by Gasteiger charge is -2.19. The van der Waals surface area contributed by atoms with Gasteiger partial charge in [0.05, 0.1) is 0 Å². The van der Waals surface area contributed by atoms with Crippen molar-refractivity contribution in [2.45, 2.75) is 32.2 Å². The minimum atomic E-state index is 0.897. The summed E-state index contributed by atoms with van der Waals surface area (Å²) in [4.78, 5) is 2.58. The number of hydrogen-bond donors (Lipinski definition) is 2. The Morgan fingerprint density at radius 3 is 2.75 bits per heavy atom. The third kappa shape index (κ3) is 3.94. The van der Waals surface area contributed by atoms with Crippen molar-refractivity contribution >= 4 is 0 Å². The summed E-state index contributed by atoms with van der Waals surface area (Å²) in [6.45, 7) is 5.71. The maximum absolute atomic E-state index is 3.93. The van der Waals surface area contributed by atoms with Crippen molar-refractivity contribution in [3.8, 4) is 0 Å². The van der Waals surface area contributed by atoms with Crippen LogP contribution in [0.3, 0.4) is 0 Å². The number of hydrogen-bond acceptors (Lipinski definition) is 3. The maximum atomic E-state index is 3.93. The maximum Gasteiger partial charge on any atom is 0.0490 e. The molecule has 0 radical (unpaired) electrons. The fraction of sp³-hybridized carbons (Fsp3) is 0.750. The minimum absolute atomic E-state index is 0.897. The van der Waals surface area contributed by atoms with Crippen LogP contribution in [-0.4, -0.2) is 41.3 Å². The molecule has 0 saturated carbocycles. The van der Waals surface area contributed by atoms with Gasteiger partial charge in [-0.15, -0.1) is 0 Å². The Hall–Kier alpha value is -0.870. The van der Waals surface area contributed by atoms with Crippen LogP contribution in [-0.2, 0) is 6.54 Å². The van der Waals surface area contributed by atoms with Crippen LogP contribution in [0.5, 0.6) is 0 Å². The first-order valence-corrected chi connectivity index (χ1v) is 6.36. The zero-order valence-corrected chi connectivity index (χ0v) is 9.91. The van der Waals surface area contributed by atoms with Crippen LogP contribution in [0.15, 0.2) is 12.3 Å². The smallest absolute Gasteiger partial charge is 0.0490 e. The summed E-state index contributed by atoms with van der Waals surface area (Å²) in [5.74, 6) is 0. The van der Waals surface area contributed by atoms with Crippen molar-refractivity contribution < 1.29 is 0 Å². The Morgan fingerprint density at radius 2 is 2.06 bits per heavy atom. The van der Waals surface area contributed by atoms with Gasteiger partial charge >= 0.3 is 0 Å². The van der Waals surface area contributed by atoms with Crippen molar-refractivity contribution in [2.75, 3.05) is 26.2 Å². The highest BCUT2D eigenvalue weighted by Crippen LogP contribution is 2.08. The zero-order chi connectivity index (χ0) is 11.1. The average molecular weight is 222 g/mol. The van der Waals surface area contributed by atoms with Crippen LogP contribution in [0.4, 0.5) is 0 Å². The first-order chi connectivity index (χ1) is 7.95. The molecule has 2 rings (SSSR count). The van der Waals surface area contributed by atoms with Crippen molar-refractivity contribution in [3.63, 3.8) is 0 Å². The van der Waals surface area contributed by atoms with Gasteiger partial charge in [-0.25, -0.2) is 0 Å². The van der Waals surface area contributed by atoms with Gasteiger partial charge in [0.2, 0.25) is 0 Å².